The molecule has 1 aromatic rings. The van der Waals surface area contributed by atoms with E-state index in [9.17, 15) is 0 Å². The maximum Gasteiger partial charge on any atom is 0.151 e. The highest BCUT2D eigenvalue weighted by atomic mass is 15.3. The van der Waals surface area contributed by atoms with Gasteiger partial charge in [-0.2, -0.15) is 5.10 Å². The lowest BCUT2D eigenvalue weighted by Gasteiger charge is -2.36. The summed E-state index contributed by atoms with van der Waals surface area (Å²) < 4.78 is 0. The first kappa shape index (κ1) is 12.3. The van der Waals surface area contributed by atoms with E-state index in [0.29, 0.717) is 6.04 Å². The van der Waals surface area contributed by atoms with Crippen molar-refractivity contribution < 1.29 is 0 Å². The minimum Gasteiger partial charge on any atom is -0.352 e. The third kappa shape index (κ3) is 3.16. The summed E-state index contributed by atoms with van der Waals surface area (Å²) in [6, 6.07) is 2.76. The summed E-state index contributed by atoms with van der Waals surface area (Å²) in [6.45, 7) is 4.26. The molecule has 1 fully saturated rings. The van der Waals surface area contributed by atoms with Crippen molar-refractivity contribution in [2.45, 2.75) is 38.6 Å². The second-order valence-corrected chi connectivity index (χ2v) is 4.83. The Bertz CT molecular complexity index is 353. The van der Waals surface area contributed by atoms with Gasteiger partial charge in [-0.3, -0.25) is 0 Å². The molecule has 1 saturated heterocycles. The average molecular weight is 234 g/mol. The van der Waals surface area contributed by atoms with Gasteiger partial charge < -0.3 is 10.2 Å². The number of aromatic nitrogens is 2. The molecule has 0 saturated carbocycles. The van der Waals surface area contributed by atoms with Crippen LogP contribution in [0.2, 0.25) is 0 Å². The molecule has 4 heteroatoms. The van der Waals surface area contributed by atoms with Crippen molar-refractivity contribution in [2.75, 3.05) is 25.0 Å². The normalized spacial score (nSPS) is 20.6. The molecule has 1 aliphatic heterocycles. The minimum absolute atomic E-state index is 0.618. The molecule has 1 unspecified atom stereocenters. The molecule has 0 bridgehead atoms. The van der Waals surface area contributed by atoms with E-state index in [4.69, 9.17) is 0 Å². The van der Waals surface area contributed by atoms with Gasteiger partial charge in [0.15, 0.2) is 5.82 Å². The van der Waals surface area contributed by atoms with Crippen LogP contribution in [0.15, 0.2) is 12.3 Å². The monoisotopic (exact) mass is 234 g/mol. The van der Waals surface area contributed by atoms with E-state index >= 15 is 0 Å². The van der Waals surface area contributed by atoms with Gasteiger partial charge in [-0.25, -0.2) is 0 Å². The van der Waals surface area contributed by atoms with Crippen LogP contribution in [0.5, 0.6) is 0 Å². The van der Waals surface area contributed by atoms with Gasteiger partial charge in [0.05, 0.1) is 6.20 Å². The first-order chi connectivity index (χ1) is 8.31. The van der Waals surface area contributed by atoms with Crippen molar-refractivity contribution in [1.82, 2.24) is 15.5 Å². The zero-order chi connectivity index (χ0) is 12.1. The smallest absolute Gasteiger partial charge is 0.151 e. The summed E-state index contributed by atoms with van der Waals surface area (Å²) in [4.78, 5) is 2.43. The molecule has 0 aliphatic carbocycles. The largest absolute Gasteiger partial charge is 0.352 e. The number of aryl methyl sites for hydroxylation is 1. The number of hydrogen-bond donors (Lipinski definition) is 1. The second kappa shape index (κ2) is 5.96. The van der Waals surface area contributed by atoms with Gasteiger partial charge in [0.2, 0.25) is 0 Å². The summed E-state index contributed by atoms with van der Waals surface area (Å²) >= 11 is 0. The molecule has 1 N–H and O–H groups in total. The second-order valence-electron chi connectivity index (χ2n) is 4.83. The lowest BCUT2D eigenvalue weighted by atomic mass is 9.99. The van der Waals surface area contributed by atoms with E-state index < -0.39 is 0 Å². The van der Waals surface area contributed by atoms with Gasteiger partial charge in [0, 0.05) is 12.6 Å². The van der Waals surface area contributed by atoms with Crippen LogP contribution in [0, 0.1) is 6.92 Å². The molecule has 2 heterocycles. The standard InChI is InChI=1S/C13H22N4/c1-11-9-13(16-15-10-11)17-8-4-3-5-12(17)6-7-14-2/h9-10,12,14H,3-8H2,1-2H3. The van der Waals surface area contributed by atoms with E-state index in [1.807, 2.05) is 13.2 Å². The van der Waals surface area contributed by atoms with Crippen molar-refractivity contribution in [2.24, 2.45) is 0 Å². The molecule has 0 radical (unpaired) electrons. The molecule has 17 heavy (non-hydrogen) atoms. The molecule has 0 spiro atoms. The van der Waals surface area contributed by atoms with Crippen LogP contribution in [-0.2, 0) is 0 Å². The molecule has 94 valence electrons. The number of piperidine rings is 1. The average Bonchev–Trinajstić information content (AvgIpc) is 2.37. The Hall–Kier alpha value is -1.16. The molecule has 1 aliphatic rings. The first-order valence-electron chi connectivity index (χ1n) is 6.52. The summed E-state index contributed by atoms with van der Waals surface area (Å²) in [5.74, 6) is 1.05. The fourth-order valence-electron chi connectivity index (χ4n) is 2.50. The highest BCUT2D eigenvalue weighted by Gasteiger charge is 2.23. The summed E-state index contributed by atoms with van der Waals surface area (Å²) in [6.07, 6.45) is 6.88. The minimum atomic E-state index is 0.618. The van der Waals surface area contributed by atoms with Crippen LogP contribution >= 0.6 is 0 Å². The number of hydrogen-bond acceptors (Lipinski definition) is 4. The quantitative estimate of drug-likeness (QED) is 0.862. The molecule has 0 amide bonds. The van der Waals surface area contributed by atoms with E-state index in [0.717, 1.165) is 18.9 Å². The van der Waals surface area contributed by atoms with Gasteiger partial charge in [-0.15, -0.1) is 5.10 Å². The van der Waals surface area contributed by atoms with Crippen molar-refractivity contribution in [3.05, 3.63) is 17.8 Å². The highest BCUT2D eigenvalue weighted by molar-refractivity contribution is 5.40. The van der Waals surface area contributed by atoms with Gasteiger partial charge in [-0.05, 0) is 57.8 Å². The summed E-state index contributed by atoms with van der Waals surface area (Å²) in [5.41, 5.74) is 1.19. The highest BCUT2D eigenvalue weighted by Crippen LogP contribution is 2.24. The maximum atomic E-state index is 4.28. The van der Waals surface area contributed by atoms with Crippen molar-refractivity contribution in [3.63, 3.8) is 0 Å². The number of anilines is 1. The van der Waals surface area contributed by atoms with E-state index in [1.165, 1.54) is 31.2 Å². The Morgan fingerprint density at radius 1 is 1.47 bits per heavy atom. The molecule has 0 aromatic carbocycles. The fraction of sp³-hybridized carbons (Fsp3) is 0.692. The first-order valence-corrected chi connectivity index (χ1v) is 6.52. The van der Waals surface area contributed by atoms with E-state index in [1.54, 1.807) is 0 Å². The Balaban J connectivity index is 2.10. The molecular weight excluding hydrogens is 212 g/mol. The number of nitrogens with one attached hydrogen (secondary N) is 1. The van der Waals surface area contributed by atoms with Crippen molar-refractivity contribution in [3.8, 4) is 0 Å². The maximum absolute atomic E-state index is 4.28. The van der Waals surface area contributed by atoms with E-state index in [2.05, 4.69) is 33.4 Å². The third-order valence-corrected chi connectivity index (χ3v) is 3.43. The van der Waals surface area contributed by atoms with Gasteiger partial charge in [0.1, 0.15) is 0 Å². The zero-order valence-corrected chi connectivity index (χ0v) is 10.8. The van der Waals surface area contributed by atoms with Crippen LogP contribution in [-0.4, -0.2) is 36.4 Å². The lowest BCUT2D eigenvalue weighted by Crippen LogP contribution is -2.41. The third-order valence-electron chi connectivity index (χ3n) is 3.43. The number of rotatable bonds is 4. The lowest BCUT2D eigenvalue weighted by molar-refractivity contribution is 0.429. The Kier molecular flexibility index (Phi) is 4.31. The van der Waals surface area contributed by atoms with Crippen LogP contribution in [0.1, 0.15) is 31.2 Å². The molecular formula is C13H22N4. The SMILES string of the molecule is CNCCC1CCCCN1c1cc(C)cnn1. The van der Waals surface area contributed by atoms with Crippen molar-refractivity contribution >= 4 is 5.82 Å². The molecule has 2 rings (SSSR count). The van der Waals surface area contributed by atoms with Crippen LogP contribution in [0.3, 0.4) is 0 Å². The van der Waals surface area contributed by atoms with E-state index in [-0.39, 0.29) is 0 Å². The molecule has 1 aromatic heterocycles. The van der Waals surface area contributed by atoms with Gasteiger partial charge in [0.25, 0.3) is 0 Å². The topological polar surface area (TPSA) is 41.0 Å². The molecule has 4 nitrogen and oxygen atoms in total. The van der Waals surface area contributed by atoms with Crippen LogP contribution < -0.4 is 10.2 Å². The fourth-order valence-corrected chi connectivity index (χ4v) is 2.50. The van der Waals surface area contributed by atoms with Gasteiger partial charge in [-0.1, -0.05) is 0 Å². The predicted molar refractivity (Wildman–Crippen MR) is 70.3 cm³/mol. The Morgan fingerprint density at radius 3 is 3.12 bits per heavy atom. The summed E-state index contributed by atoms with van der Waals surface area (Å²) in [7, 11) is 2.01. The van der Waals surface area contributed by atoms with Crippen molar-refractivity contribution in [1.29, 1.82) is 0 Å². The number of nitrogens with zero attached hydrogens (tertiary/aromatic N) is 3. The van der Waals surface area contributed by atoms with Crippen LogP contribution in [0.4, 0.5) is 5.82 Å². The van der Waals surface area contributed by atoms with Crippen LogP contribution in [0.25, 0.3) is 0 Å². The molecule has 1 atom stereocenters. The zero-order valence-electron chi connectivity index (χ0n) is 10.8. The van der Waals surface area contributed by atoms with Gasteiger partial charge >= 0.3 is 0 Å². The predicted octanol–water partition coefficient (Wildman–Crippen LogP) is 1.75. The Morgan fingerprint density at radius 2 is 2.35 bits per heavy atom. The summed E-state index contributed by atoms with van der Waals surface area (Å²) in [5, 5.41) is 11.6. The Labute approximate surface area is 103 Å².